The van der Waals surface area contributed by atoms with E-state index in [0.29, 0.717) is 16.9 Å². The number of carboxylic acids is 1. The average Bonchev–Trinajstić information content (AvgIpc) is 3.01. The van der Waals surface area contributed by atoms with Crippen LogP contribution in [-0.4, -0.2) is 11.1 Å². The third kappa shape index (κ3) is 4.58. The van der Waals surface area contributed by atoms with E-state index in [0.717, 1.165) is 40.9 Å². The van der Waals surface area contributed by atoms with Gasteiger partial charge in [-0.2, -0.15) is 0 Å². The first-order chi connectivity index (χ1) is 15.0. The molecule has 0 saturated carbocycles. The number of allylic oxidation sites excluding steroid dienone is 2. The van der Waals surface area contributed by atoms with Crippen molar-refractivity contribution in [2.45, 2.75) is 26.2 Å². The largest absolute Gasteiger partial charge is 0.481 e. The van der Waals surface area contributed by atoms with Crippen molar-refractivity contribution < 1.29 is 19.0 Å². The molecule has 3 nitrogen and oxygen atoms in total. The van der Waals surface area contributed by atoms with Gasteiger partial charge < -0.3 is 9.84 Å². The Morgan fingerprint density at radius 3 is 2.45 bits per heavy atom. The minimum atomic E-state index is -0.918. The monoisotopic (exact) mass is 414 g/mol. The Morgan fingerprint density at radius 1 is 0.935 bits per heavy atom. The summed E-state index contributed by atoms with van der Waals surface area (Å²) in [7, 11) is 0. The van der Waals surface area contributed by atoms with Crippen LogP contribution in [0.5, 0.6) is 11.5 Å². The van der Waals surface area contributed by atoms with Gasteiger partial charge in [-0.25, -0.2) is 4.39 Å². The number of aliphatic carboxylic acids is 1. The van der Waals surface area contributed by atoms with Crippen molar-refractivity contribution in [1.82, 2.24) is 0 Å². The number of carboxylic acid groups (broad SMARTS) is 1. The zero-order chi connectivity index (χ0) is 21.8. The van der Waals surface area contributed by atoms with Crippen molar-refractivity contribution in [1.29, 1.82) is 0 Å². The fourth-order valence-electron chi connectivity index (χ4n) is 4.00. The summed E-state index contributed by atoms with van der Waals surface area (Å²) in [6.07, 6.45) is 3.50. The molecule has 4 rings (SSSR count). The van der Waals surface area contributed by atoms with Crippen LogP contribution in [0.3, 0.4) is 0 Å². The molecule has 0 radical (unpaired) electrons. The Labute approximate surface area is 181 Å². The van der Waals surface area contributed by atoms with Crippen LogP contribution in [0.25, 0.3) is 17.2 Å². The Bertz CT molecular complexity index is 1180. The van der Waals surface area contributed by atoms with Crippen molar-refractivity contribution in [3.8, 4) is 11.5 Å². The second kappa shape index (κ2) is 9.00. The van der Waals surface area contributed by atoms with Crippen LogP contribution in [0.2, 0.25) is 0 Å². The number of hydrogen-bond acceptors (Lipinski definition) is 2. The van der Waals surface area contributed by atoms with Gasteiger partial charge >= 0.3 is 5.97 Å². The number of fused-ring (bicyclic) bond motifs is 1. The van der Waals surface area contributed by atoms with Gasteiger partial charge in [-0.1, -0.05) is 49.7 Å². The first-order valence-corrected chi connectivity index (χ1v) is 10.3. The molecule has 3 aromatic rings. The Hall–Kier alpha value is -3.66. The third-order valence-electron chi connectivity index (χ3n) is 5.26. The normalized spacial score (nSPS) is 14.1. The number of rotatable bonds is 7. The van der Waals surface area contributed by atoms with E-state index >= 15 is 0 Å². The predicted molar refractivity (Wildman–Crippen MR) is 121 cm³/mol. The summed E-state index contributed by atoms with van der Waals surface area (Å²) >= 11 is 0. The number of halogens is 1. The molecule has 0 aliphatic heterocycles. The lowest BCUT2D eigenvalue weighted by Gasteiger charge is -2.09. The van der Waals surface area contributed by atoms with Crippen molar-refractivity contribution in [3.63, 3.8) is 0 Å². The fraction of sp³-hybridized carbons (Fsp3) is 0.148. The lowest BCUT2D eigenvalue weighted by molar-refractivity contribution is -0.135. The molecule has 0 fully saturated rings. The van der Waals surface area contributed by atoms with E-state index in [1.165, 1.54) is 12.1 Å². The van der Waals surface area contributed by atoms with Gasteiger partial charge in [0.05, 0.1) is 6.42 Å². The molecule has 0 aromatic heterocycles. The minimum absolute atomic E-state index is 0.125. The summed E-state index contributed by atoms with van der Waals surface area (Å²) in [5, 5.41) is 9.44. The molecular weight excluding hydrogens is 391 g/mol. The van der Waals surface area contributed by atoms with E-state index in [4.69, 9.17) is 4.74 Å². The van der Waals surface area contributed by atoms with Crippen molar-refractivity contribution >= 4 is 23.2 Å². The highest BCUT2D eigenvalue weighted by molar-refractivity contribution is 6.07. The van der Waals surface area contributed by atoms with Crippen molar-refractivity contribution in [3.05, 3.63) is 101 Å². The van der Waals surface area contributed by atoms with Gasteiger partial charge in [-0.3, -0.25) is 4.79 Å². The molecule has 0 heterocycles. The molecule has 0 unspecified atom stereocenters. The molecule has 0 atom stereocenters. The number of ether oxygens (including phenoxy) is 1. The van der Waals surface area contributed by atoms with Crippen LogP contribution < -0.4 is 4.74 Å². The van der Waals surface area contributed by atoms with Crippen LogP contribution in [0.4, 0.5) is 4.39 Å². The second-order valence-electron chi connectivity index (χ2n) is 7.51. The highest BCUT2D eigenvalue weighted by Crippen LogP contribution is 2.46. The van der Waals surface area contributed by atoms with Gasteiger partial charge in [0.15, 0.2) is 0 Å². The first kappa shape index (κ1) is 20.6. The first-order valence-electron chi connectivity index (χ1n) is 10.3. The molecule has 0 bridgehead atoms. The number of benzene rings is 3. The van der Waals surface area contributed by atoms with Gasteiger partial charge in [0.25, 0.3) is 0 Å². The molecule has 0 saturated heterocycles. The van der Waals surface area contributed by atoms with Crippen LogP contribution in [0.1, 0.15) is 42.9 Å². The van der Waals surface area contributed by atoms with Crippen molar-refractivity contribution in [2.24, 2.45) is 0 Å². The standard InChI is InChI=1S/C27H23FO3/c1-2-7-22-24(23-13-12-19(28)16-25(23)26(22)17-27(29)30)15-18-8-6-11-21(14-18)31-20-9-4-3-5-10-20/h3-6,8-16H,2,7,17H2,1H3,(H,29,30)/b24-15-. The predicted octanol–water partition coefficient (Wildman–Crippen LogP) is 7.20. The van der Waals surface area contributed by atoms with E-state index in [1.807, 2.05) is 60.7 Å². The van der Waals surface area contributed by atoms with E-state index in [1.54, 1.807) is 6.07 Å². The van der Waals surface area contributed by atoms with Crippen LogP contribution >= 0.6 is 0 Å². The van der Waals surface area contributed by atoms with Crippen molar-refractivity contribution in [2.75, 3.05) is 0 Å². The summed E-state index contributed by atoms with van der Waals surface area (Å²) in [5.41, 5.74) is 5.10. The number of hydrogen-bond donors (Lipinski definition) is 1. The SMILES string of the molecule is CCCC1=C(CC(=O)O)c2cc(F)ccc2/C1=C\c1cccc(Oc2ccccc2)c1. The Balaban J connectivity index is 1.78. The minimum Gasteiger partial charge on any atom is -0.481 e. The van der Waals surface area contributed by atoms with Gasteiger partial charge in [-0.05, 0) is 82.3 Å². The molecule has 1 N–H and O–H groups in total. The summed E-state index contributed by atoms with van der Waals surface area (Å²) in [6, 6.07) is 21.9. The Kier molecular flexibility index (Phi) is 5.99. The molecule has 156 valence electrons. The molecule has 0 spiro atoms. The quantitative estimate of drug-likeness (QED) is 0.445. The van der Waals surface area contributed by atoms with Crippen LogP contribution in [0, 0.1) is 5.82 Å². The topological polar surface area (TPSA) is 46.5 Å². The molecule has 1 aliphatic carbocycles. The summed E-state index contributed by atoms with van der Waals surface area (Å²) in [6.45, 7) is 2.06. The molecule has 0 amide bonds. The maximum atomic E-state index is 14.0. The van der Waals surface area contributed by atoms with Gasteiger partial charge in [0.2, 0.25) is 0 Å². The molecule has 1 aliphatic rings. The summed E-state index contributed by atoms with van der Waals surface area (Å²) < 4.78 is 19.9. The highest BCUT2D eigenvalue weighted by atomic mass is 19.1. The molecule has 3 aromatic carbocycles. The van der Waals surface area contributed by atoms with Crippen LogP contribution in [-0.2, 0) is 4.79 Å². The second-order valence-corrected chi connectivity index (χ2v) is 7.51. The fourth-order valence-corrected chi connectivity index (χ4v) is 4.00. The third-order valence-corrected chi connectivity index (χ3v) is 5.26. The maximum absolute atomic E-state index is 14.0. The van der Waals surface area contributed by atoms with E-state index in [9.17, 15) is 14.3 Å². The maximum Gasteiger partial charge on any atom is 0.307 e. The average molecular weight is 414 g/mol. The van der Waals surface area contributed by atoms with Crippen LogP contribution in [0.15, 0.2) is 78.4 Å². The van der Waals surface area contributed by atoms with Gasteiger partial charge in [-0.15, -0.1) is 0 Å². The van der Waals surface area contributed by atoms with E-state index < -0.39 is 5.97 Å². The lowest BCUT2D eigenvalue weighted by atomic mass is 9.96. The number of para-hydroxylation sites is 1. The highest BCUT2D eigenvalue weighted by Gasteiger charge is 2.27. The molecule has 31 heavy (non-hydrogen) atoms. The van der Waals surface area contributed by atoms with E-state index in [2.05, 4.69) is 6.92 Å². The zero-order valence-corrected chi connectivity index (χ0v) is 17.3. The zero-order valence-electron chi connectivity index (χ0n) is 17.3. The Morgan fingerprint density at radius 2 is 1.71 bits per heavy atom. The van der Waals surface area contributed by atoms with Gasteiger partial charge in [0.1, 0.15) is 17.3 Å². The lowest BCUT2D eigenvalue weighted by Crippen LogP contribution is -1.98. The summed E-state index contributed by atoms with van der Waals surface area (Å²) in [4.78, 5) is 11.5. The molecule has 4 heteroatoms. The van der Waals surface area contributed by atoms with Gasteiger partial charge in [0, 0.05) is 0 Å². The summed E-state index contributed by atoms with van der Waals surface area (Å²) in [5.74, 6) is 0.185. The number of carbonyl (C=O) groups is 1. The smallest absolute Gasteiger partial charge is 0.307 e. The van der Waals surface area contributed by atoms with E-state index in [-0.39, 0.29) is 12.2 Å². The molecular formula is C27H23FO3.